The molecule has 0 radical (unpaired) electrons. The van der Waals surface area contributed by atoms with Gasteiger partial charge in [-0.25, -0.2) is 4.98 Å². The number of aromatic nitrogens is 2. The summed E-state index contributed by atoms with van der Waals surface area (Å²) in [6, 6.07) is 4.55. The molecule has 1 aromatic heterocycles. The van der Waals surface area contributed by atoms with Gasteiger partial charge in [-0.3, -0.25) is 4.79 Å². The molecule has 1 amide bonds. The van der Waals surface area contributed by atoms with Gasteiger partial charge in [-0.1, -0.05) is 23.4 Å². The Morgan fingerprint density at radius 3 is 2.82 bits per heavy atom. The van der Waals surface area contributed by atoms with E-state index in [9.17, 15) is 9.90 Å². The van der Waals surface area contributed by atoms with Crippen LogP contribution in [0.15, 0.2) is 35.7 Å². The van der Waals surface area contributed by atoms with Crippen molar-refractivity contribution < 1.29 is 9.90 Å². The molecule has 2 rings (SSSR count). The topological polar surface area (TPSA) is 67.2 Å². The number of imidazole rings is 1. The van der Waals surface area contributed by atoms with E-state index in [1.165, 1.54) is 23.9 Å². The third-order valence-electron chi connectivity index (χ3n) is 2.89. The minimum atomic E-state index is -0.157. The Balaban J connectivity index is 1.96. The maximum Gasteiger partial charge on any atom is 0.234 e. The normalized spacial score (nSPS) is 11.5. The fourth-order valence-electron chi connectivity index (χ4n) is 1.82. The summed E-state index contributed by atoms with van der Waals surface area (Å²) in [6.07, 6.45) is 3.63. The van der Waals surface area contributed by atoms with Gasteiger partial charge in [0.15, 0.2) is 5.16 Å². The van der Waals surface area contributed by atoms with Crippen molar-refractivity contribution in [1.82, 2.24) is 9.55 Å². The number of benzene rings is 1. The van der Waals surface area contributed by atoms with Crippen LogP contribution in [-0.4, -0.2) is 26.3 Å². The molecule has 0 aliphatic carbocycles. The molecular weight excluding hydrogens is 322 g/mol. The van der Waals surface area contributed by atoms with E-state index in [0.717, 1.165) is 5.16 Å². The summed E-state index contributed by atoms with van der Waals surface area (Å²) in [5, 5.41) is 13.1. The first-order valence-electron chi connectivity index (χ1n) is 6.72. The lowest BCUT2D eigenvalue weighted by Crippen LogP contribution is -2.22. The quantitative estimate of drug-likeness (QED) is 0.658. The molecule has 7 heteroatoms. The summed E-state index contributed by atoms with van der Waals surface area (Å²) in [5.74, 6) is 0.0717. The molecule has 1 heterocycles. The Morgan fingerprint density at radius 1 is 1.45 bits per heavy atom. The SMILES string of the molecule is CC(C)(C)n1ccnc1SCC(=O)Nc1ccc(O)c(Cl)c1. The van der Waals surface area contributed by atoms with E-state index < -0.39 is 0 Å². The standard InChI is InChI=1S/C15H18ClN3O2S/c1-15(2,3)19-7-6-17-14(19)22-9-13(21)18-10-4-5-12(20)11(16)8-10/h4-8,20H,9H2,1-3H3,(H,18,21). The number of carbonyl (C=O) groups is 1. The number of anilines is 1. The van der Waals surface area contributed by atoms with Crippen LogP contribution in [0.3, 0.4) is 0 Å². The summed E-state index contributed by atoms with van der Waals surface area (Å²) in [5.41, 5.74) is 0.465. The van der Waals surface area contributed by atoms with Crippen molar-refractivity contribution in [1.29, 1.82) is 0 Å². The van der Waals surface area contributed by atoms with Crippen LogP contribution in [0.5, 0.6) is 5.75 Å². The molecule has 0 aliphatic rings. The molecule has 1 aromatic carbocycles. The summed E-state index contributed by atoms with van der Waals surface area (Å²) in [7, 11) is 0. The fourth-order valence-corrected chi connectivity index (χ4v) is 2.94. The van der Waals surface area contributed by atoms with Gasteiger partial charge in [-0.05, 0) is 39.0 Å². The van der Waals surface area contributed by atoms with E-state index in [-0.39, 0.29) is 28.0 Å². The number of nitrogens with one attached hydrogen (secondary N) is 1. The van der Waals surface area contributed by atoms with Gasteiger partial charge in [-0.15, -0.1) is 0 Å². The van der Waals surface area contributed by atoms with Crippen LogP contribution < -0.4 is 5.32 Å². The second kappa shape index (κ2) is 6.62. The number of aromatic hydroxyl groups is 1. The smallest absolute Gasteiger partial charge is 0.234 e. The maximum absolute atomic E-state index is 12.0. The number of halogens is 1. The summed E-state index contributed by atoms with van der Waals surface area (Å²) < 4.78 is 2.03. The van der Waals surface area contributed by atoms with Crippen LogP contribution >= 0.6 is 23.4 Å². The fraction of sp³-hybridized carbons (Fsp3) is 0.333. The lowest BCUT2D eigenvalue weighted by Gasteiger charge is -2.22. The Bertz CT molecular complexity index is 680. The maximum atomic E-state index is 12.0. The van der Waals surface area contributed by atoms with E-state index in [1.54, 1.807) is 12.3 Å². The van der Waals surface area contributed by atoms with Crippen molar-refractivity contribution in [2.45, 2.75) is 31.5 Å². The molecule has 0 aliphatic heterocycles. The van der Waals surface area contributed by atoms with Crippen LogP contribution in [0.4, 0.5) is 5.69 Å². The monoisotopic (exact) mass is 339 g/mol. The number of thioether (sulfide) groups is 1. The summed E-state index contributed by atoms with van der Waals surface area (Å²) >= 11 is 7.18. The Kier molecular flexibility index (Phi) is 5.03. The number of hydrogen-bond donors (Lipinski definition) is 2. The molecule has 0 spiro atoms. The van der Waals surface area contributed by atoms with Crippen molar-refractivity contribution in [2.75, 3.05) is 11.1 Å². The molecular formula is C15H18ClN3O2S. The largest absolute Gasteiger partial charge is 0.506 e. The lowest BCUT2D eigenvalue weighted by atomic mass is 10.1. The van der Waals surface area contributed by atoms with E-state index >= 15 is 0 Å². The average Bonchev–Trinajstić information content (AvgIpc) is 2.89. The minimum Gasteiger partial charge on any atom is -0.506 e. The highest BCUT2D eigenvalue weighted by Crippen LogP contribution is 2.27. The molecule has 0 saturated heterocycles. The number of rotatable bonds is 4. The highest BCUT2D eigenvalue weighted by molar-refractivity contribution is 7.99. The van der Waals surface area contributed by atoms with Crippen LogP contribution in [0.1, 0.15) is 20.8 Å². The first-order valence-corrected chi connectivity index (χ1v) is 8.09. The predicted molar refractivity (Wildman–Crippen MR) is 89.7 cm³/mol. The molecule has 0 fully saturated rings. The molecule has 2 aromatic rings. The number of carbonyl (C=O) groups excluding carboxylic acids is 1. The van der Waals surface area contributed by atoms with Gasteiger partial charge in [0, 0.05) is 23.6 Å². The van der Waals surface area contributed by atoms with Gasteiger partial charge in [0.25, 0.3) is 0 Å². The Morgan fingerprint density at radius 2 is 2.18 bits per heavy atom. The van der Waals surface area contributed by atoms with Crippen molar-refractivity contribution in [3.05, 3.63) is 35.6 Å². The Labute approximate surface area is 138 Å². The summed E-state index contributed by atoms with van der Waals surface area (Å²) in [4.78, 5) is 16.3. The van der Waals surface area contributed by atoms with Gasteiger partial charge in [0.2, 0.25) is 5.91 Å². The number of nitrogens with zero attached hydrogens (tertiary/aromatic N) is 2. The van der Waals surface area contributed by atoms with Crippen LogP contribution in [-0.2, 0) is 10.3 Å². The van der Waals surface area contributed by atoms with Crippen LogP contribution in [0.25, 0.3) is 0 Å². The third-order valence-corrected chi connectivity index (χ3v) is 4.16. The Hall–Kier alpha value is -1.66. The third kappa shape index (κ3) is 4.18. The van der Waals surface area contributed by atoms with Crippen molar-refractivity contribution >= 4 is 35.0 Å². The highest BCUT2D eigenvalue weighted by atomic mass is 35.5. The summed E-state index contributed by atoms with van der Waals surface area (Å²) in [6.45, 7) is 6.24. The zero-order chi connectivity index (χ0) is 16.3. The lowest BCUT2D eigenvalue weighted by molar-refractivity contribution is -0.113. The van der Waals surface area contributed by atoms with E-state index in [2.05, 4.69) is 31.1 Å². The second-order valence-corrected chi connectivity index (χ2v) is 7.10. The zero-order valence-electron chi connectivity index (χ0n) is 12.6. The first kappa shape index (κ1) is 16.7. The average molecular weight is 340 g/mol. The van der Waals surface area contributed by atoms with Crippen molar-refractivity contribution in [3.63, 3.8) is 0 Å². The molecule has 2 N–H and O–H groups in total. The molecule has 22 heavy (non-hydrogen) atoms. The van der Waals surface area contributed by atoms with Gasteiger partial charge in [-0.2, -0.15) is 0 Å². The van der Waals surface area contributed by atoms with Crippen LogP contribution in [0.2, 0.25) is 5.02 Å². The number of phenols is 1. The van der Waals surface area contributed by atoms with Crippen molar-refractivity contribution in [3.8, 4) is 5.75 Å². The molecule has 0 saturated carbocycles. The number of hydrogen-bond acceptors (Lipinski definition) is 4. The predicted octanol–water partition coefficient (Wildman–Crippen LogP) is 3.73. The van der Waals surface area contributed by atoms with Gasteiger partial charge < -0.3 is 15.0 Å². The van der Waals surface area contributed by atoms with Gasteiger partial charge in [0.05, 0.1) is 10.8 Å². The van der Waals surface area contributed by atoms with Crippen LogP contribution in [0, 0.1) is 0 Å². The molecule has 0 unspecified atom stereocenters. The van der Waals surface area contributed by atoms with E-state index in [1.807, 2.05) is 10.8 Å². The molecule has 0 atom stereocenters. The molecule has 118 valence electrons. The second-order valence-electron chi connectivity index (χ2n) is 5.75. The minimum absolute atomic E-state index is 0.0127. The molecule has 5 nitrogen and oxygen atoms in total. The van der Waals surface area contributed by atoms with Gasteiger partial charge >= 0.3 is 0 Å². The number of phenolic OH excluding ortho intramolecular Hbond substituents is 1. The van der Waals surface area contributed by atoms with E-state index in [0.29, 0.717) is 5.69 Å². The van der Waals surface area contributed by atoms with E-state index in [4.69, 9.17) is 11.6 Å². The van der Waals surface area contributed by atoms with Crippen molar-refractivity contribution in [2.24, 2.45) is 0 Å². The molecule has 0 bridgehead atoms. The zero-order valence-corrected chi connectivity index (χ0v) is 14.2. The number of amides is 1. The van der Waals surface area contributed by atoms with Gasteiger partial charge in [0.1, 0.15) is 5.75 Å². The highest BCUT2D eigenvalue weighted by Gasteiger charge is 2.17. The first-order chi connectivity index (χ1) is 10.3.